The van der Waals surface area contributed by atoms with E-state index in [1.54, 1.807) is 18.7 Å². The van der Waals surface area contributed by atoms with Crippen LogP contribution in [-0.2, 0) is 5.41 Å². The first-order chi connectivity index (χ1) is 12.8. The summed E-state index contributed by atoms with van der Waals surface area (Å²) in [7, 11) is 0. The number of rotatable bonds is 2. The van der Waals surface area contributed by atoms with Crippen molar-refractivity contribution < 1.29 is 4.79 Å². The maximum atomic E-state index is 12.7. The molecule has 2 aromatic heterocycles. The molecule has 2 aromatic rings. The zero-order valence-electron chi connectivity index (χ0n) is 16.4. The molecule has 2 aliphatic heterocycles. The van der Waals surface area contributed by atoms with Gasteiger partial charge in [-0.3, -0.25) is 9.78 Å². The molecular formula is C20H26N6O. The van der Waals surface area contributed by atoms with Gasteiger partial charge in [0.2, 0.25) is 0 Å². The van der Waals surface area contributed by atoms with E-state index in [1.165, 1.54) is 0 Å². The fourth-order valence-corrected chi connectivity index (χ4v) is 3.94. The summed E-state index contributed by atoms with van der Waals surface area (Å²) in [4.78, 5) is 34.3. The van der Waals surface area contributed by atoms with E-state index in [2.05, 4.69) is 51.7 Å². The third kappa shape index (κ3) is 3.50. The quantitative estimate of drug-likeness (QED) is 0.810. The minimum atomic E-state index is -0.0134. The third-order valence-electron chi connectivity index (χ3n) is 5.52. The summed E-state index contributed by atoms with van der Waals surface area (Å²) in [6, 6.07) is 2.10. The van der Waals surface area contributed by atoms with E-state index in [-0.39, 0.29) is 11.3 Å². The molecular weight excluding hydrogens is 340 g/mol. The standard InChI is InChI=1S/C20H26N6O/c1-13-6-22-16(7-21-13)19(27)26-10-14-8-25(9-15(14)11-26)18-5-17(20(2,3)4)23-12-24-18/h5-7,12,14-15H,8-11H2,1-4H3. The van der Waals surface area contributed by atoms with Gasteiger partial charge in [-0.1, -0.05) is 20.8 Å². The minimum Gasteiger partial charge on any atom is -0.356 e. The number of hydrogen-bond donors (Lipinski definition) is 0. The largest absolute Gasteiger partial charge is 0.356 e. The second kappa shape index (κ2) is 6.55. The Hall–Kier alpha value is -2.57. The van der Waals surface area contributed by atoms with Crippen molar-refractivity contribution in [3.63, 3.8) is 0 Å². The molecule has 0 spiro atoms. The molecule has 0 aromatic carbocycles. The number of hydrogen-bond acceptors (Lipinski definition) is 6. The normalized spacial score (nSPS) is 22.2. The number of aromatic nitrogens is 4. The zero-order chi connectivity index (χ0) is 19.2. The van der Waals surface area contributed by atoms with Gasteiger partial charge < -0.3 is 9.80 Å². The van der Waals surface area contributed by atoms with Crippen LogP contribution in [0.15, 0.2) is 24.8 Å². The Morgan fingerprint density at radius 1 is 1.00 bits per heavy atom. The highest BCUT2D eigenvalue weighted by Crippen LogP contribution is 2.34. The Bertz CT molecular complexity index is 830. The Morgan fingerprint density at radius 2 is 1.70 bits per heavy atom. The van der Waals surface area contributed by atoms with Crippen LogP contribution < -0.4 is 4.90 Å². The molecule has 2 fully saturated rings. The number of fused-ring (bicyclic) bond motifs is 1. The smallest absolute Gasteiger partial charge is 0.274 e. The molecule has 7 heteroatoms. The van der Waals surface area contributed by atoms with Crippen molar-refractivity contribution in [2.45, 2.75) is 33.1 Å². The van der Waals surface area contributed by atoms with Crippen molar-refractivity contribution >= 4 is 11.7 Å². The van der Waals surface area contributed by atoms with Gasteiger partial charge in [0, 0.05) is 55.7 Å². The summed E-state index contributed by atoms with van der Waals surface area (Å²) >= 11 is 0. The van der Waals surface area contributed by atoms with Crippen LogP contribution in [0.2, 0.25) is 0 Å². The molecule has 0 aliphatic carbocycles. The van der Waals surface area contributed by atoms with Crippen molar-refractivity contribution in [1.29, 1.82) is 0 Å². The summed E-state index contributed by atoms with van der Waals surface area (Å²) in [5.74, 6) is 1.92. The molecule has 2 unspecified atom stereocenters. The molecule has 2 saturated heterocycles. The second-order valence-electron chi connectivity index (χ2n) is 8.69. The van der Waals surface area contributed by atoms with Gasteiger partial charge in [0.1, 0.15) is 17.8 Å². The molecule has 27 heavy (non-hydrogen) atoms. The van der Waals surface area contributed by atoms with Gasteiger partial charge in [0.15, 0.2) is 0 Å². The van der Waals surface area contributed by atoms with Crippen LogP contribution in [0.25, 0.3) is 0 Å². The van der Waals surface area contributed by atoms with Crippen molar-refractivity contribution in [2.24, 2.45) is 11.8 Å². The first kappa shape index (κ1) is 17.8. The van der Waals surface area contributed by atoms with Gasteiger partial charge in [-0.25, -0.2) is 15.0 Å². The first-order valence-corrected chi connectivity index (χ1v) is 9.46. The summed E-state index contributed by atoms with van der Waals surface area (Å²) in [6.07, 6.45) is 4.89. The number of amides is 1. The number of aryl methyl sites for hydroxylation is 1. The molecule has 4 heterocycles. The van der Waals surface area contributed by atoms with E-state index in [4.69, 9.17) is 0 Å². The highest BCUT2D eigenvalue weighted by molar-refractivity contribution is 5.92. The molecule has 4 rings (SSSR count). The third-order valence-corrected chi connectivity index (χ3v) is 5.52. The van der Waals surface area contributed by atoms with Gasteiger partial charge >= 0.3 is 0 Å². The topological polar surface area (TPSA) is 75.1 Å². The maximum absolute atomic E-state index is 12.7. The minimum absolute atomic E-state index is 0.00553. The van der Waals surface area contributed by atoms with Crippen LogP contribution in [0.3, 0.4) is 0 Å². The van der Waals surface area contributed by atoms with Gasteiger partial charge in [0.05, 0.1) is 17.6 Å². The zero-order valence-corrected chi connectivity index (χ0v) is 16.4. The van der Waals surface area contributed by atoms with E-state index in [1.807, 2.05) is 11.8 Å². The molecule has 7 nitrogen and oxygen atoms in total. The molecule has 142 valence electrons. The SMILES string of the molecule is Cc1cnc(C(=O)N2CC3CN(c4cc(C(C)(C)C)ncn4)CC3C2)cn1. The van der Waals surface area contributed by atoms with Crippen LogP contribution in [0.4, 0.5) is 5.82 Å². The fourth-order valence-electron chi connectivity index (χ4n) is 3.94. The average Bonchev–Trinajstić information content (AvgIpc) is 3.20. The van der Waals surface area contributed by atoms with Gasteiger partial charge in [-0.2, -0.15) is 0 Å². The lowest BCUT2D eigenvalue weighted by atomic mass is 9.92. The van der Waals surface area contributed by atoms with Crippen molar-refractivity contribution in [1.82, 2.24) is 24.8 Å². The average molecular weight is 366 g/mol. The van der Waals surface area contributed by atoms with Crippen LogP contribution in [0, 0.1) is 18.8 Å². The molecule has 2 aliphatic rings. The number of carbonyl (C=O) groups is 1. The van der Waals surface area contributed by atoms with Gasteiger partial charge in [0.25, 0.3) is 5.91 Å². The number of anilines is 1. The lowest BCUT2D eigenvalue weighted by Crippen LogP contribution is -2.34. The lowest BCUT2D eigenvalue weighted by Gasteiger charge is -2.24. The van der Waals surface area contributed by atoms with E-state index >= 15 is 0 Å². The number of likely N-dealkylation sites (tertiary alicyclic amines) is 1. The summed E-state index contributed by atoms with van der Waals surface area (Å²) in [5, 5.41) is 0. The first-order valence-electron chi connectivity index (χ1n) is 9.46. The molecule has 0 radical (unpaired) electrons. The Labute approximate surface area is 159 Å². The van der Waals surface area contributed by atoms with E-state index in [9.17, 15) is 4.79 Å². The summed E-state index contributed by atoms with van der Waals surface area (Å²) in [5.41, 5.74) is 2.31. The fraction of sp³-hybridized carbons (Fsp3) is 0.550. The molecule has 2 atom stereocenters. The Balaban J connectivity index is 1.43. The maximum Gasteiger partial charge on any atom is 0.274 e. The van der Waals surface area contributed by atoms with Gasteiger partial charge in [-0.05, 0) is 6.92 Å². The summed E-state index contributed by atoms with van der Waals surface area (Å²) < 4.78 is 0. The summed E-state index contributed by atoms with van der Waals surface area (Å²) in [6.45, 7) is 11.7. The molecule has 1 amide bonds. The van der Waals surface area contributed by atoms with Crippen LogP contribution >= 0.6 is 0 Å². The Morgan fingerprint density at radius 3 is 2.30 bits per heavy atom. The van der Waals surface area contributed by atoms with Crippen molar-refractivity contribution in [2.75, 3.05) is 31.1 Å². The van der Waals surface area contributed by atoms with Crippen molar-refractivity contribution in [3.05, 3.63) is 41.9 Å². The van der Waals surface area contributed by atoms with E-state index in [0.717, 1.165) is 43.4 Å². The molecule has 0 saturated carbocycles. The molecule has 0 N–H and O–H groups in total. The predicted molar refractivity (Wildman–Crippen MR) is 103 cm³/mol. The van der Waals surface area contributed by atoms with Crippen molar-refractivity contribution in [3.8, 4) is 0 Å². The highest BCUT2D eigenvalue weighted by atomic mass is 16.2. The Kier molecular flexibility index (Phi) is 4.32. The number of carbonyl (C=O) groups excluding carboxylic acids is 1. The predicted octanol–water partition coefficient (Wildman–Crippen LogP) is 2.08. The second-order valence-corrected chi connectivity index (χ2v) is 8.69. The van der Waals surface area contributed by atoms with Crippen LogP contribution in [-0.4, -0.2) is 56.9 Å². The monoisotopic (exact) mass is 366 g/mol. The van der Waals surface area contributed by atoms with E-state index < -0.39 is 0 Å². The van der Waals surface area contributed by atoms with E-state index in [0.29, 0.717) is 17.5 Å². The van der Waals surface area contributed by atoms with Crippen LogP contribution in [0.1, 0.15) is 42.6 Å². The number of nitrogens with zero attached hydrogens (tertiary/aromatic N) is 6. The van der Waals surface area contributed by atoms with Gasteiger partial charge in [-0.15, -0.1) is 0 Å². The highest BCUT2D eigenvalue weighted by Gasteiger charge is 2.42. The lowest BCUT2D eigenvalue weighted by molar-refractivity contribution is 0.0776. The molecule has 0 bridgehead atoms. The van der Waals surface area contributed by atoms with Crippen LogP contribution in [0.5, 0.6) is 0 Å².